The normalized spacial score (nSPS) is 14.2. The number of hydrogen-bond acceptors (Lipinski definition) is 2. The molecule has 4 nitrogen and oxygen atoms in total. The molecule has 0 unspecified atom stereocenters. The van der Waals surface area contributed by atoms with Crippen LogP contribution >= 0.6 is 15.9 Å². The van der Waals surface area contributed by atoms with Gasteiger partial charge in [0.1, 0.15) is 5.82 Å². The van der Waals surface area contributed by atoms with Gasteiger partial charge in [0.15, 0.2) is 0 Å². The predicted molar refractivity (Wildman–Crippen MR) is 90.1 cm³/mol. The first-order chi connectivity index (χ1) is 11.0. The first-order valence-corrected chi connectivity index (χ1v) is 8.01. The molecule has 0 aliphatic carbocycles. The van der Waals surface area contributed by atoms with Crippen LogP contribution in [0.15, 0.2) is 46.9 Å². The third kappa shape index (κ3) is 3.42. The molecule has 1 fully saturated rings. The van der Waals surface area contributed by atoms with Crippen molar-refractivity contribution in [1.29, 1.82) is 0 Å². The summed E-state index contributed by atoms with van der Waals surface area (Å²) in [5, 5.41) is 2.75. The summed E-state index contributed by atoms with van der Waals surface area (Å²) in [6, 6.07) is 11.0. The maximum Gasteiger partial charge on any atom is 0.256 e. The average Bonchev–Trinajstić information content (AvgIpc) is 2.94. The van der Waals surface area contributed by atoms with E-state index < -0.39 is 5.82 Å². The number of nitrogens with zero attached hydrogens (tertiary/aromatic N) is 1. The van der Waals surface area contributed by atoms with Crippen molar-refractivity contribution in [3.63, 3.8) is 0 Å². The fourth-order valence-electron chi connectivity index (χ4n) is 2.52. The van der Waals surface area contributed by atoms with Crippen LogP contribution in [-0.2, 0) is 4.79 Å². The Balaban J connectivity index is 1.73. The number of benzene rings is 2. The van der Waals surface area contributed by atoms with Crippen molar-refractivity contribution in [3.8, 4) is 0 Å². The molecular formula is C17H14BrFN2O2. The van der Waals surface area contributed by atoms with Gasteiger partial charge in [-0.15, -0.1) is 0 Å². The van der Waals surface area contributed by atoms with Gasteiger partial charge >= 0.3 is 0 Å². The molecule has 0 bridgehead atoms. The molecule has 0 aromatic heterocycles. The fraction of sp³-hybridized carbons (Fsp3) is 0.176. The zero-order valence-corrected chi connectivity index (χ0v) is 13.8. The summed E-state index contributed by atoms with van der Waals surface area (Å²) in [5.41, 5.74) is 1.79. The van der Waals surface area contributed by atoms with Crippen molar-refractivity contribution < 1.29 is 14.0 Å². The highest BCUT2D eigenvalue weighted by Crippen LogP contribution is 2.24. The van der Waals surface area contributed by atoms with Gasteiger partial charge in [0.2, 0.25) is 5.91 Å². The summed E-state index contributed by atoms with van der Waals surface area (Å²) in [6.07, 6.45) is 1.45. The molecule has 2 amide bonds. The number of hydrogen-bond donors (Lipinski definition) is 1. The Hall–Kier alpha value is -2.21. The maximum absolute atomic E-state index is 13.1. The minimum absolute atomic E-state index is 0.122. The predicted octanol–water partition coefficient (Wildman–Crippen LogP) is 3.97. The van der Waals surface area contributed by atoms with Crippen LogP contribution in [0.1, 0.15) is 23.2 Å². The topological polar surface area (TPSA) is 49.4 Å². The van der Waals surface area contributed by atoms with Crippen molar-refractivity contribution >= 4 is 39.1 Å². The van der Waals surface area contributed by atoms with E-state index in [4.69, 9.17) is 0 Å². The zero-order valence-electron chi connectivity index (χ0n) is 12.2. The zero-order chi connectivity index (χ0) is 16.4. The molecule has 23 heavy (non-hydrogen) atoms. The molecule has 1 N–H and O–H groups in total. The molecule has 1 aliphatic heterocycles. The maximum atomic E-state index is 13.1. The SMILES string of the molecule is O=C(Nc1ccc(N2CCCC2=O)cc1)c1ccc(F)cc1Br. The van der Waals surface area contributed by atoms with Gasteiger partial charge in [-0.05, 0) is 64.8 Å². The lowest BCUT2D eigenvalue weighted by Gasteiger charge is -2.16. The third-order valence-electron chi connectivity index (χ3n) is 3.69. The Labute approximate surface area is 141 Å². The van der Waals surface area contributed by atoms with E-state index in [1.807, 2.05) is 0 Å². The van der Waals surface area contributed by atoms with Crippen LogP contribution in [-0.4, -0.2) is 18.4 Å². The summed E-state index contributed by atoms with van der Waals surface area (Å²) in [4.78, 5) is 25.7. The largest absolute Gasteiger partial charge is 0.322 e. The lowest BCUT2D eigenvalue weighted by atomic mass is 10.2. The third-order valence-corrected chi connectivity index (χ3v) is 4.34. The Morgan fingerprint density at radius 3 is 2.52 bits per heavy atom. The second-order valence-electron chi connectivity index (χ2n) is 5.27. The molecule has 0 radical (unpaired) electrons. The average molecular weight is 377 g/mol. The van der Waals surface area contributed by atoms with Crippen LogP contribution < -0.4 is 10.2 Å². The van der Waals surface area contributed by atoms with Gasteiger partial charge in [-0.2, -0.15) is 0 Å². The van der Waals surface area contributed by atoms with E-state index in [1.54, 1.807) is 29.2 Å². The van der Waals surface area contributed by atoms with Gasteiger partial charge in [0.25, 0.3) is 5.91 Å². The van der Waals surface area contributed by atoms with E-state index in [0.717, 1.165) is 18.7 Å². The van der Waals surface area contributed by atoms with Crippen LogP contribution in [0.5, 0.6) is 0 Å². The van der Waals surface area contributed by atoms with Gasteiger partial charge in [0.05, 0.1) is 5.56 Å². The number of halogens is 2. The first-order valence-electron chi connectivity index (χ1n) is 7.21. The van der Waals surface area contributed by atoms with Crippen molar-refractivity contribution in [2.45, 2.75) is 12.8 Å². The molecule has 0 atom stereocenters. The number of nitrogens with one attached hydrogen (secondary N) is 1. The molecule has 1 heterocycles. The highest BCUT2D eigenvalue weighted by molar-refractivity contribution is 9.10. The Kier molecular flexibility index (Phi) is 4.43. The highest BCUT2D eigenvalue weighted by Gasteiger charge is 2.21. The lowest BCUT2D eigenvalue weighted by molar-refractivity contribution is -0.117. The molecule has 2 aromatic carbocycles. The smallest absolute Gasteiger partial charge is 0.256 e. The van der Waals surface area contributed by atoms with Crippen molar-refractivity contribution in [3.05, 3.63) is 58.3 Å². The summed E-state index contributed by atoms with van der Waals surface area (Å²) in [6.45, 7) is 0.729. The summed E-state index contributed by atoms with van der Waals surface area (Å²) in [7, 11) is 0. The van der Waals surface area contributed by atoms with E-state index in [2.05, 4.69) is 21.2 Å². The minimum atomic E-state index is -0.409. The Bertz CT molecular complexity index is 762. The monoisotopic (exact) mass is 376 g/mol. The molecule has 118 valence electrons. The molecule has 0 saturated carbocycles. The van der Waals surface area contributed by atoms with Crippen LogP contribution in [0.25, 0.3) is 0 Å². The standard InChI is InChI=1S/C17H14BrFN2O2/c18-15-10-11(19)3-8-14(15)17(23)20-12-4-6-13(7-5-12)21-9-1-2-16(21)22/h3-8,10H,1-2,9H2,(H,20,23). The summed E-state index contributed by atoms with van der Waals surface area (Å²) < 4.78 is 13.5. The van der Waals surface area contributed by atoms with Crippen molar-refractivity contribution in [1.82, 2.24) is 0 Å². The highest BCUT2D eigenvalue weighted by atomic mass is 79.9. The van der Waals surface area contributed by atoms with Gasteiger partial charge in [0, 0.05) is 28.8 Å². The number of anilines is 2. The van der Waals surface area contributed by atoms with Crippen LogP contribution in [0.4, 0.5) is 15.8 Å². The number of carbonyl (C=O) groups excluding carboxylic acids is 2. The Morgan fingerprint density at radius 1 is 1.17 bits per heavy atom. The number of carbonyl (C=O) groups is 2. The van der Waals surface area contributed by atoms with E-state index >= 15 is 0 Å². The Morgan fingerprint density at radius 2 is 1.91 bits per heavy atom. The lowest BCUT2D eigenvalue weighted by Crippen LogP contribution is -2.23. The molecule has 0 spiro atoms. The van der Waals surface area contributed by atoms with Gasteiger partial charge < -0.3 is 10.2 Å². The molecule has 6 heteroatoms. The summed E-state index contributed by atoms with van der Waals surface area (Å²) >= 11 is 3.18. The van der Waals surface area contributed by atoms with E-state index in [1.165, 1.54) is 18.2 Å². The quantitative estimate of drug-likeness (QED) is 0.880. The van der Waals surface area contributed by atoms with Crippen LogP contribution in [0.3, 0.4) is 0 Å². The molecule has 1 aliphatic rings. The first kappa shape index (κ1) is 15.7. The van der Waals surface area contributed by atoms with E-state index in [0.29, 0.717) is 22.1 Å². The van der Waals surface area contributed by atoms with Gasteiger partial charge in [-0.1, -0.05) is 0 Å². The van der Waals surface area contributed by atoms with Gasteiger partial charge in [-0.3, -0.25) is 9.59 Å². The van der Waals surface area contributed by atoms with E-state index in [9.17, 15) is 14.0 Å². The second-order valence-corrected chi connectivity index (χ2v) is 6.13. The fourth-order valence-corrected chi connectivity index (χ4v) is 3.05. The number of rotatable bonds is 3. The summed E-state index contributed by atoms with van der Waals surface area (Å²) in [5.74, 6) is -0.619. The minimum Gasteiger partial charge on any atom is -0.322 e. The molecule has 1 saturated heterocycles. The van der Waals surface area contributed by atoms with Crippen LogP contribution in [0.2, 0.25) is 0 Å². The van der Waals surface area contributed by atoms with Gasteiger partial charge in [-0.25, -0.2) is 4.39 Å². The number of amides is 2. The second kappa shape index (κ2) is 6.50. The van der Waals surface area contributed by atoms with Crippen LogP contribution in [0, 0.1) is 5.82 Å². The molecule has 3 rings (SSSR count). The van der Waals surface area contributed by atoms with E-state index in [-0.39, 0.29) is 11.8 Å². The molecular weight excluding hydrogens is 363 g/mol. The molecule has 2 aromatic rings. The van der Waals surface area contributed by atoms with Crippen molar-refractivity contribution in [2.75, 3.05) is 16.8 Å². The van der Waals surface area contributed by atoms with Crippen molar-refractivity contribution in [2.24, 2.45) is 0 Å².